The van der Waals surface area contributed by atoms with Crippen LogP contribution in [0.2, 0.25) is 0 Å². The van der Waals surface area contributed by atoms with Gasteiger partial charge in [0, 0.05) is 0 Å². The molecule has 2 aromatic rings. The second-order valence-electron chi connectivity index (χ2n) is 4.20. The lowest BCUT2D eigenvalue weighted by atomic mass is 10.1. The van der Waals surface area contributed by atoms with Crippen molar-refractivity contribution < 1.29 is 18.7 Å². The van der Waals surface area contributed by atoms with Crippen LogP contribution in [0.1, 0.15) is 18.1 Å². The van der Waals surface area contributed by atoms with Gasteiger partial charge in [0.1, 0.15) is 24.0 Å². The van der Waals surface area contributed by atoms with Crippen molar-refractivity contribution in [2.45, 2.75) is 13.5 Å². The van der Waals surface area contributed by atoms with Crippen LogP contribution < -0.4 is 4.74 Å². The van der Waals surface area contributed by atoms with Gasteiger partial charge in [-0.2, -0.15) is 0 Å². The number of hydrogen-bond donors (Lipinski definition) is 1. The van der Waals surface area contributed by atoms with Crippen molar-refractivity contribution in [1.82, 2.24) is 0 Å². The highest BCUT2D eigenvalue weighted by Gasteiger charge is 2.09. The minimum Gasteiger partial charge on any atom is -0.489 e. The summed E-state index contributed by atoms with van der Waals surface area (Å²) in [6, 6.07) is 10.4. The molecular formula is C15H13F2NO2. The van der Waals surface area contributed by atoms with E-state index in [2.05, 4.69) is 5.16 Å². The number of rotatable bonds is 4. The van der Waals surface area contributed by atoms with Gasteiger partial charge >= 0.3 is 0 Å². The van der Waals surface area contributed by atoms with Gasteiger partial charge < -0.3 is 9.94 Å². The second-order valence-corrected chi connectivity index (χ2v) is 4.20. The van der Waals surface area contributed by atoms with Crippen molar-refractivity contribution in [2.24, 2.45) is 5.16 Å². The Labute approximate surface area is 115 Å². The molecule has 0 unspecified atom stereocenters. The van der Waals surface area contributed by atoms with Gasteiger partial charge in [-0.3, -0.25) is 0 Å². The molecule has 0 aliphatic rings. The maximum absolute atomic E-state index is 13.4. The smallest absolute Gasteiger partial charge is 0.132 e. The van der Waals surface area contributed by atoms with E-state index in [0.717, 1.165) is 5.56 Å². The molecule has 0 spiro atoms. The summed E-state index contributed by atoms with van der Waals surface area (Å²) in [6.07, 6.45) is 0. The Bertz CT molecular complexity index is 604. The summed E-state index contributed by atoms with van der Waals surface area (Å²) in [6.45, 7) is 1.47. The first-order valence-electron chi connectivity index (χ1n) is 5.96. The van der Waals surface area contributed by atoms with Gasteiger partial charge in [-0.1, -0.05) is 11.2 Å². The molecule has 0 saturated heterocycles. The van der Waals surface area contributed by atoms with Crippen LogP contribution in [0.15, 0.2) is 47.6 Å². The first-order valence-corrected chi connectivity index (χ1v) is 5.96. The molecule has 0 aliphatic carbocycles. The highest BCUT2D eigenvalue weighted by atomic mass is 19.1. The maximum Gasteiger partial charge on any atom is 0.132 e. The van der Waals surface area contributed by atoms with Crippen molar-refractivity contribution in [3.63, 3.8) is 0 Å². The zero-order valence-electron chi connectivity index (χ0n) is 10.8. The Morgan fingerprint density at radius 3 is 2.25 bits per heavy atom. The number of nitrogens with zero attached hydrogens (tertiary/aromatic N) is 1. The highest BCUT2D eigenvalue weighted by Crippen LogP contribution is 2.17. The molecule has 0 aromatic heterocycles. The molecule has 0 bridgehead atoms. The Morgan fingerprint density at radius 2 is 1.70 bits per heavy atom. The standard InChI is InChI=1S/C15H13F2NO2/c1-10(18-19)11-5-7-12(8-6-11)20-9-13-14(16)3-2-4-15(13)17/h2-8,19H,9H2,1H3/b18-10-. The van der Waals surface area contributed by atoms with Gasteiger partial charge in [-0.15, -0.1) is 0 Å². The lowest BCUT2D eigenvalue weighted by molar-refractivity contribution is 0.292. The molecule has 0 aliphatic heterocycles. The quantitative estimate of drug-likeness (QED) is 0.525. The molecule has 0 radical (unpaired) electrons. The normalized spacial score (nSPS) is 11.4. The Balaban J connectivity index is 2.08. The predicted molar refractivity (Wildman–Crippen MR) is 71.1 cm³/mol. The molecule has 0 heterocycles. The fourth-order valence-corrected chi connectivity index (χ4v) is 1.68. The molecule has 3 nitrogen and oxygen atoms in total. The molecule has 1 N–H and O–H groups in total. The average molecular weight is 277 g/mol. The van der Waals surface area contributed by atoms with E-state index in [1.54, 1.807) is 31.2 Å². The van der Waals surface area contributed by atoms with Crippen LogP contribution in [0.4, 0.5) is 8.78 Å². The van der Waals surface area contributed by atoms with Crippen LogP contribution in [-0.2, 0) is 6.61 Å². The van der Waals surface area contributed by atoms with Gasteiger partial charge in [0.2, 0.25) is 0 Å². The molecule has 104 valence electrons. The van der Waals surface area contributed by atoms with E-state index in [1.807, 2.05) is 0 Å². The van der Waals surface area contributed by atoms with E-state index in [-0.39, 0.29) is 12.2 Å². The zero-order chi connectivity index (χ0) is 14.5. The molecule has 0 fully saturated rings. The van der Waals surface area contributed by atoms with Crippen molar-refractivity contribution in [2.75, 3.05) is 0 Å². The topological polar surface area (TPSA) is 41.8 Å². The molecule has 20 heavy (non-hydrogen) atoms. The fourth-order valence-electron chi connectivity index (χ4n) is 1.68. The molecular weight excluding hydrogens is 264 g/mol. The Hall–Kier alpha value is -2.43. The van der Waals surface area contributed by atoms with Gasteiger partial charge in [0.15, 0.2) is 0 Å². The van der Waals surface area contributed by atoms with Crippen molar-refractivity contribution >= 4 is 5.71 Å². The molecule has 2 rings (SSSR count). The number of hydrogen-bond acceptors (Lipinski definition) is 3. The van der Waals surface area contributed by atoms with Crippen LogP contribution in [0.25, 0.3) is 0 Å². The predicted octanol–water partition coefficient (Wildman–Crippen LogP) is 3.74. The van der Waals surface area contributed by atoms with E-state index in [1.165, 1.54) is 18.2 Å². The van der Waals surface area contributed by atoms with E-state index in [9.17, 15) is 8.78 Å². The summed E-state index contributed by atoms with van der Waals surface area (Å²) in [5.41, 5.74) is 1.10. The van der Waals surface area contributed by atoms with Crippen LogP contribution >= 0.6 is 0 Å². The first kappa shape index (κ1) is 14.0. The third-order valence-corrected chi connectivity index (χ3v) is 2.87. The third kappa shape index (κ3) is 3.12. The van der Waals surface area contributed by atoms with E-state index >= 15 is 0 Å². The maximum atomic E-state index is 13.4. The lowest BCUT2D eigenvalue weighted by Gasteiger charge is -2.08. The molecule has 5 heteroatoms. The van der Waals surface area contributed by atoms with E-state index < -0.39 is 11.6 Å². The van der Waals surface area contributed by atoms with Crippen LogP contribution in [0, 0.1) is 11.6 Å². The lowest BCUT2D eigenvalue weighted by Crippen LogP contribution is -2.02. The van der Waals surface area contributed by atoms with Crippen LogP contribution in [0.3, 0.4) is 0 Å². The zero-order valence-corrected chi connectivity index (χ0v) is 10.8. The minimum atomic E-state index is -0.634. The summed E-state index contributed by atoms with van der Waals surface area (Å²) in [4.78, 5) is 0. The van der Waals surface area contributed by atoms with Gasteiger partial charge in [-0.25, -0.2) is 8.78 Å². The number of oxime groups is 1. The van der Waals surface area contributed by atoms with Crippen LogP contribution in [0.5, 0.6) is 5.75 Å². The second kappa shape index (κ2) is 6.14. The number of benzene rings is 2. The van der Waals surface area contributed by atoms with Crippen molar-refractivity contribution in [3.05, 3.63) is 65.2 Å². The number of halogens is 2. The van der Waals surface area contributed by atoms with Gasteiger partial charge in [0.05, 0.1) is 11.3 Å². The van der Waals surface area contributed by atoms with Gasteiger partial charge in [0.25, 0.3) is 0 Å². The highest BCUT2D eigenvalue weighted by molar-refractivity contribution is 5.98. The Morgan fingerprint density at radius 1 is 1.10 bits per heavy atom. The molecule has 2 aromatic carbocycles. The largest absolute Gasteiger partial charge is 0.489 e. The molecule has 0 saturated carbocycles. The molecule has 0 amide bonds. The van der Waals surface area contributed by atoms with Crippen molar-refractivity contribution in [3.8, 4) is 5.75 Å². The minimum absolute atomic E-state index is 0.107. The van der Waals surface area contributed by atoms with Gasteiger partial charge in [-0.05, 0) is 48.9 Å². The Kier molecular flexibility index (Phi) is 4.30. The van der Waals surface area contributed by atoms with E-state index in [0.29, 0.717) is 11.5 Å². The fraction of sp³-hybridized carbons (Fsp3) is 0.133. The third-order valence-electron chi connectivity index (χ3n) is 2.87. The average Bonchev–Trinajstić information content (AvgIpc) is 2.46. The molecule has 0 atom stereocenters. The van der Waals surface area contributed by atoms with E-state index in [4.69, 9.17) is 9.94 Å². The van der Waals surface area contributed by atoms with Crippen LogP contribution in [-0.4, -0.2) is 10.9 Å². The summed E-state index contributed by atoms with van der Waals surface area (Å²) in [5, 5.41) is 11.7. The number of ether oxygens (including phenoxy) is 1. The summed E-state index contributed by atoms with van der Waals surface area (Å²) in [7, 11) is 0. The SMILES string of the molecule is C/C(=N/O)c1ccc(OCc2c(F)cccc2F)cc1. The summed E-state index contributed by atoms with van der Waals surface area (Å²) in [5.74, 6) is -0.795. The first-order chi connectivity index (χ1) is 9.61. The van der Waals surface area contributed by atoms with Crippen molar-refractivity contribution in [1.29, 1.82) is 0 Å². The monoisotopic (exact) mass is 277 g/mol. The summed E-state index contributed by atoms with van der Waals surface area (Å²) >= 11 is 0. The summed E-state index contributed by atoms with van der Waals surface area (Å²) < 4.78 is 32.2.